The largest absolute Gasteiger partial charge is 0.481 e. The molecule has 0 spiro atoms. The van der Waals surface area contributed by atoms with Crippen molar-refractivity contribution < 1.29 is 36.6 Å². The zero-order valence-corrected chi connectivity index (χ0v) is 15.4. The van der Waals surface area contributed by atoms with Crippen molar-refractivity contribution >= 4 is 22.0 Å². The second kappa shape index (κ2) is 8.75. The average Bonchev–Trinajstić information content (AvgIpc) is 2.66. The number of nitrogens with zero attached hydrogens (tertiary/aromatic N) is 2. The van der Waals surface area contributed by atoms with Crippen molar-refractivity contribution in [1.82, 2.24) is 14.7 Å². The lowest BCUT2D eigenvalue weighted by Crippen LogP contribution is -2.35. The number of benzene rings is 1. The molecule has 152 valence electrons. The molecule has 2 aromatic rings. The minimum absolute atomic E-state index is 0.0374. The number of carbonyl (C=O) groups is 1. The third kappa shape index (κ3) is 5.01. The fourth-order valence-electron chi connectivity index (χ4n) is 2.08. The first-order valence-corrected chi connectivity index (χ1v) is 9.02. The van der Waals surface area contributed by atoms with E-state index in [1.807, 2.05) is 0 Å². The number of sulfonamides is 1. The number of methoxy groups -OCH3 is 2. The summed E-state index contributed by atoms with van der Waals surface area (Å²) in [7, 11) is -1.98. The van der Waals surface area contributed by atoms with Crippen LogP contribution in [0.5, 0.6) is 11.8 Å². The van der Waals surface area contributed by atoms with Gasteiger partial charge in [0.2, 0.25) is 17.7 Å². The average molecular weight is 418 g/mol. The number of hydrogen-bond acceptors (Lipinski definition) is 8. The van der Waals surface area contributed by atoms with Crippen LogP contribution in [-0.2, 0) is 10.0 Å². The van der Waals surface area contributed by atoms with Gasteiger partial charge in [-0.05, 0) is 6.07 Å². The Morgan fingerprint density at radius 2 is 1.71 bits per heavy atom. The molecule has 0 fully saturated rings. The number of rotatable bonds is 7. The zero-order chi connectivity index (χ0) is 20.9. The molecule has 28 heavy (non-hydrogen) atoms. The number of carbonyl (C=O) groups excluding carboxylic acids is 1. The summed E-state index contributed by atoms with van der Waals surface area (Å²) in [6.45, 7) is 0. The molecular formula is C15H16F2N4O6S. The standard InChI is InChI=1S/C15H16F2N4O6S/c1-26-10-7-11(27-2)19-14(18-10)20-15(23)21-28(24,25)9-6-4-3-5-8(9)12(22)13(16)17/h3-7,12-13,22H,1-2H3,(H2,18,19,20,21,23). The Bertz CT molecular complexity index is 935. The normalized spacial score (nSPS) is 12.4. The number of aliphatic hydroxyl groups excluding tert-OH is 1. The first-order chi connectivity index (χ1) is 13.2. The van der Waals surface area contributed by atoms with Crippen molar-refractivity contribution in [3.63, 3.8) is 0 Å². The summed E-state index contributed by atoms with van der Waals surface area (Å²) in [5.41, 5.74) is -0.558. The van der Waals surface area contributed by atoms with Gasteiger partial charge in [-0.3, -0.25) is 5.32 Å². The molecule has 0 aliphatic heterocycles. The highest BCUT2D eigenvalue weighted by Crippen LogP contribution is 2.27. The van der Waals surface area contributed by atoms with Crippen molar-refractivity contribution in [1.29, 1.82) is 0 Å². The quantitative estimate of drug-likeness (QED) is 0.611. The molecule has 0 aliphatic rings. The molecule has 2 rings (SSSR count). The maximum absolute atomic E-state index is 12.8. The van der Waals surface area contributed by atoms with Crippen LogP contribution in [0.3, 0.4) is 0 Å². The van der Waals surface area contributed by atoms with Crippen LogP contribution in [0.4, 0.5) is 19.5 Å². The second-order valence-electron chi connectivity index (χ2n) is 5.15. The van der Waals surface area contributed by atoms with Gasteiger partial charge in [-0.2, -0.15) is 9.97 Å². The molecule has 0 aliphatic carbocycles. The van der Waals surface area contributed by atoms with Crippen LogP contribution < -0.4 is 19.5 Å². The summed E-state index contributed by atoms with van der Waals surface area (Å²) in [5.74, 6) is -0.254. The van der Waals surface area contributed by atoms with E-state index >= 15 is 0 Å². The van der Waals surface area contributed by atoms with Crippen LogP contribution in [-0.4, -0.2) is 50.2 Å². The van der Waals surface area contributed by atoms with Gasteiger partial charge in [0.15, 0.2) is 0 Å². The van der Waals surface area contributed by atoms with Crippen LogP contribution in [0.1, 0.15) is 11.7 Å². The summed E-state index contributed by atoms with van der Waals surface area (Å²) in [4.78, 5) is 18.9. The van der Waals surface area contributed by atoms with Gasteiger partial charge in [-0.15, -0.1) is 0 Å². The van der Waals surface area contributed by atoms with Crippen molar-refractivity contribution in [2.24, 2.45) is 0 Å². The third-order valence-electron chi connectivity index (χ3n) is 3.32. The van der Waals surface area contributed by atoms with Crippen molar-refractivity contribution in [2.45, 2.75) is 17.4 Å². The Kier molecular flexibility index (Phi) is 6.64. The van der Waals surface area contributed by atoms with E-state index in [1.165, 1.54) is 32.4 Å². The summed E-state index contributed by atoms with van der Waals surface area (Å²) >= 11 is 0. The van der Waals surface area contributed by atoms with Crippen LogP contribution in [0.15, 0.2) is 35.2 Å². The lowest BCUT2D eigenvalue weighted by Gasteiger charge is -2.15. The predicted octanol–water partition coefficient (Wildman–Crippen LogP) is 1.30. The molecule has 13 heteroatoms. The Labute approximate surface area is 158 Å². The molecule has 0 radical (unpaired) electrons. The van der Waals surface area contributed by atoms with E-state index in [4.69, 9.17) is 9.47 Å². The lowest BCUT2D eigenvalue weighted by molar-refractivity contribution is -0.00732. The van der Waals surface area contributed by atoms with Gasteiger partial charge in [-0.1, -0.05) is 18.2 Å². The summed E-state index contributed by atoms with van der Waals surface area (Å²) in [6, 6.07) is 4.57. The van der Waals surface area contributed by atoms with Gasteiger partial charge >= 0.3 is 6.03 Å². The highest BCUT2D eigenvalue weighted by Gasteiger charge is 2.28. The number of halogens is 2. The fourth-order valence-corrected chi connectivity index (χ4v) is 3.24. The van der Waals surface area contributed by atoms with Gasteiger partial charge < -0.3 is 14.6 Å². The summed E-state index contributed by atoms with van der Waals surface area (Å²) in [6.07, 6.45) is -5.57. The maximum atomic E-state index is 12.8. The minimum Gasteiger partial charge on any atom is -0.481 e. The van der Waals surface area contributed by atoms with Crippen LogP contribution >= 0.6 is 0 Å². The SMILES string of the molecule is COc1cc(OC)nc(NC(=O)NS(=O)(=O)c2ccccc2C(O)C(F)F)n1. The molecule has 1 aromatic carbocycles. The van der Waals surface area contributed by atoms with Crippen molar-refractivity contribution in [2.75, 3.05) is 19.5 Å². The summed E-state index contributed by atoms with van der Waals surface area (Å²) < 4.78 is 61.8. The zero-order valence-electron chi connectivity index (χ0n) is 14.6. The number of amides is 2. The van der Waals surface area contributed by atoms with E-state index in [0.717, 1.165) is 12.1 Å². The smallest absolute Gasteiger partial charge is 0.335 e. The number of ether oxygens (including phenoxy) is 2. The molecule has 1 aromatic heterocycles. The van der Waals surface area contributed by atoms with E-state index in [0.29, 0.717) is 0 Å². The number of alkyl halides is 2. The third-order valence-corrected chi connectivity index (χ3v) is 4.72. The summed E-state index contributed by atoms with van der Waals surface area (Å²) in [5, 5.41) is 11.6. The number of aromatic nitrogens is 2. The Morgan fingerprint density at radius 3 is 2.25 bits per heavy atom. The number of hydrogen-bond donors (Lipinski definition) is 3. The first kappa shape index (κ1) is 21.2. The molecule has 0 saturated heterocycles. The van der Waals surface area contributed by atoms with Crippen molar-refractivity contribution in [3.05, 3.63) is 35.9 Å². The Morgan fingerprint density at radius 1 is 1.14 bits per heavy atom. The Hall–Kier alpha value is -3.06. The number of urea groups is 1. The molecule has 10 nitrogen and oxygen atoms in total. The van der Waals surface area contributed by atoms with Crippen LogP contribution in [0.2, 0.25) is 0 Å². The first-order valence-electron chi connectivity index (χ1n) is 7.54. The molecule has 1 unspecified atom stereocenters. The molecule has 0 saturated carbocycles. The van der Waals surface area contributed by atoms with Crippen LogP contribution in [0, 0.1) is 0 Å². The molecule has 1 heterocycles. The number of anilines is 1. The molecule has 2 amide bonds. The Balaban J connectivity index is 2.25. The van der Waals surface area contributed by atoms with Gasteiger partial charge in [0.1, 0.15) is 6.10 Å². The maximum Gasteiger partial charge on any atom is 0.335 e. The van der Waals surface area contributed by atoms with Gasteiger partial charge in [0, 0.05) is 5.56 Å². The van der Waals surface area contributed by atoms with E-state index in [1.54, 1.807) is 4.72 Å². The number of nitrogens with one attached hydrogen (secondary N) is 2. The van der Waals surface area contributed by atoms with E-state index in [2.05, 4.69) is 15.3 Å². The molecule has 0 bridgehead atoms. The predicted molar refractivity (Wildman–Crippen MR) is 91.9 cm³/mol. The molecule has 3 N–H and O–H groups in total. The van der Waals surface area contributed by atoms with Gasteiger partial charge in [0.25, 0.3) is 16.4 Å². The minimum atomic E-state index is -4.59. The molecule has 1 atom stereocenters. The topological polar surface area (TPSA) is 140 Å². The monoisotopic (exact) mass is 418 g/mol. The fraction of sp³-hybridized carbons (Fsp3) is 0.267. The van der Waals surface area contributed by atoms with Crippen molar-refractivity contribution in [3.8, 4) is 11.8 Å². The van der Waals surface area contributed by atoms with E-state index < -0.39 is 39.0 Å². The second-order valence-corrected chi connectivity index (χ2v) is 6.80. The van der Waals surface area contributed by atoms with E-state index in [-0.39, 0.29) is 17.7 Å². The number of aliphatic hydroxyl groups is 1. The van der Waals surface area contributed by atoms with E-state index in [9.17, 15) is 27.1 Å². The molecular weight excluding hydrogens is 402 g/mol. The highest BCUT2D eigenvalue weighted by atomic mass is 32.2. The lowest BCUT2D eigenvalue weighted by atomic mass is 10.1. The van der Waals surface area contributed by atoms with Gasteiger partial charge in [0.05, 0.1) is 25.2 Å². The van der Waals surface area contributed by atoms with Crippen LogP contribution in [0.25, 0.3) is 0 Å². The van der Waals surface area contributed by atoms with Gasteiger partial charge in [-0.25, -0.2) is 26.7 Å². The highest BCUT2D eigenvalue weighted by molar-refractivity contribution is 7.90.